The van der Waals surface area contributed by atoms with Gasteiger partial charge in [-0.3, -0.25) is 4.79 Å². The number of rotatable bonds is 10. The molecule has 4 N–H and O–H groups in total. The van der Waals surface area contributed by atoms with Crippen LogP contribution in [0.4, 0.5) is 11.6 Å². The van der Waals surface area contributed by atoms with Crippen LogP contribution in [0, 0.1) is 0 Å². The number of thiophene rings is 1. The zero-order valence-electron chi connectivity index (χ0n) is 21.8. The Balaban J connectivity index is 1.36. The molecule has 39 heavy (non-hydrogen) atoms. The van der Waals surface area contributed by atoms with Gasteiger partial charge in [-0.15, -0.1) is 11.3 Å². The highest BCUT2D eigenvalue weighted by atomic mass is 32.1. The number of aryl methyl sites for hydroxylation is 2. The van der Waals surface area contributed by atoms with Crippen LogP contribution in [0.5, 0.6) is 5.75 Å². The van der Waals surface area contributed by atoms with Crippen LogP contribution in [0.2, 0.25) is 0 Å². The molecule has 2 heterocycles. The summed E-state index contributed by atoms with van der Waals surface area (Å²) >= 11 is 1.55. The van der Waals surface area contributed by atoms with Gasteiger partial charge in [0.15, 0.2) is 5.82 Å². The number of carbonyl (C=O) groups excluding carboxylic acids is 1. The molecule has 0 saturated carbocycles. The van der Waals surface area contributed by atoms with Crippen LogP contribution >= 0.6 is 11.3 Å². The standard InChI is InChI=1S/C29H31N5O4S/c1-37-13-14-38-20-11-9-18(10-12-20)15-26-32-27(34-29(30)33-26)21-6-4-7-23(22(21)17-35)31-28(36)25-16-19-5-2-3-8-24(19)39-25/h4,6-7,9-12,16,35H,2-3,5,8,13-15,17H2,1H3,(H,31,36)(H2,30,32,33,34). The topological polar surface area (TPSA) is 132 Å². The highest BCUT2D eigenvalue weighted by Crippen LogP contribution is 2.32. The molecule has 0 saturated heterocycles. The van der Waals surface area contributed by atoms with Crippen molar-refractivity contribution in [2.75, 3.05) is 31.4 Å². The maximum Gasteiger partial charge on any atom is 0.265 e. The molecular weight excluding hydrogens is 514 g/mol. The van der Waals surface area contributed by atoms with Crippen LogP contribution in [0.25, 0.3) is 11.4 Å². The molecule has 4 aromatic rings. The number of nitrogens with one attached hydrogen (secondary N) is 1. The number of aliphatic hydroxyl groups excluding tert-OH is 1. The minimum atomic E-state index is -0.307. The van der Waals surface area contributed by atoms with E-state index >= 15 is 0 Å². The largest absolute Gasteiger partial charge is 0.491 e. The van der Waals surface area contributed by atoms with Crippen LogP contribution in [0.15, 0.2) is 48.5 Å². The van der Waals surface area contributed by atoms with Crippen molar-refractivity contribution in [3.8, 4) is 17.1 Å². The lowest BCUT2D eigenvalue weighted by molar-refractivity contribution is 0.103. The van der Waals surface area contributed by atoms with E-state index in [1.165, 1.54) is 10.4 Å². The van der Waals surface area contributed by atoms with Crippen molar-refractivity contribution in [2.45, 2.75) is 38.7 Å². The lowest BCUT2D eigenvalue weighted by atomic mass is 9.99. The molecular formula is C29H31N5O4S. The van der Waals surface area contributed by atoms with Crippen molar-refractivity contribution >= 4 is 28.9 Å². The van der Waals surface area contributed by atoms with Crippen molar-refractivity contribution < 1.29 is 19.4 Å². The van der Waals surface area contributed by atoms with E-state index in [2.05, 4.69) is 20.3 Å². The minimum absolute atomic E-state index is 0.0806. The summed E-state index contributed by atoms with van der Waals surface area (Å²) < 4.78 is 10.6. The monoisotopic (exact) mass is 545 g/mol. The van der Waals surface area contributed by atoms with E-state index in [1.807, 2.05) is 30.3 Å². The fraction of sp³-hybridized carbons (Fsp3) is 0.310. The molecule has 10 heteroatoms. The Kier molecular flexibility index (Phi) is 8.45. The summed E-state index contributed by atoms with van der Waals surface area (Å²) in [5.74, 6) is 1.47. The Morgan fingerprint density at radius 3 is 2.67 bits per heavy atom. The number of fused-ring (bicyclic) bond motifs is 1. The molecule has 1 amide bonds. The molecule has 5 rings (SSSR count). The number of hydrogen-bond acceptors (Lipinski definition) is 9. The van der Waals surface area contributed by atoms with Crippen molar-refractivity contribution in [1.82, 2.24) is 15.0 Å². The molecule has 0 unspecified atom stereocenters. The fourth-order valence-electron chi connectivity index (χ4n) is 4.64. The van der Waals surface area contributed by atoms with E-state index in [4.69, 9.17) is 15.2 Å². The van der Waals surface area contributed by atoms with Gasteiger partial charge in [0.25, 0.3) is 5.91 Å². The number of aromatic nitrogens is 3. The maximum atomic E-state index is 13.1. The quantitative estimate of drug-likeness (QED) is 0.250. The summed E-state index contributed by atoms with van der Waals surface area (Å²) in [5.41, 5.74) is 9.91. The van der Waals surface area contributed by atoms with Crippen LogP contribution in [0.1, 0.15) is 49.9 Å². The summed E-state index contributed by atoms with van der Waals surface area (Å²) in [5, 5.41) is 13.3. The molecule has 0 spiro atoms. The van der Waals surface area contributed by atoms with Gasteiger partial charge in [-0.1, -0.05) is 24.3 Å². The lowest BCUT2D eigenvalue weighted by Gasteiger charge is -2.14. The summed E-state index contributed by atoms with van der Waals surface area (Å²) in [6.07, 6.45) is 4.81. The van der Waals surface area contributed by atoms with E-state index in [1.54, 1.807) is 36.6 Å². The summed E-state index contributed by atoms with van der Waals surface area (Å²) in [7, 11) is 1.63. The van der Waals surface area contributed by atoms with Gasteiger partial charge in [-0.25, -0.2) is 4.98 Å². The van der Waals surface area contributed by atoms with E-state index in [9.17, 15) is 9.90 Å². The van der Waals surface area contributed by atoms with Crippen LogP contribution in [-0.2, 0) is 30.6 Å². The van der Waals surface area contributed by atoms with Gasteiger partial charge in [0.2, 0.25) is 5.95 Å². The van der Waals surface area contributed by atoms with Gasteiger partial charge in [0.1, 0.15) is 18.2 Å². The Bertz CT molecular complexity index is 1430. The Labute approximate surface area is 231 Å². The van der Waals surface area contributed by atoms with E-state index in [0.717, 1.165) is 37.0 Å². The predicted octanol–water partition coefficient (Wildman–Crippen LogP) is 4.42. The number of amides is 1. The molecule has 9 nitrogen and oxygen atoms in total. The second-order valence-corrected chi connectivity index (χ2v) is 10.4. The highest BCUT2D eigenvalue weighted by molar-refractivity contribution is 7.14. The Morgan fingerprint density at radius 1 is 1.08 bits per heavy atom. The number of nitrogens with zero attached hydrogens (tertiary/aromatic N) is 3. The van der Waals surface area contributed by atoms with Gasteiger partial charge in [-0.2, -0.15) is 9.97 Å². The second kappa shape index (κ2) is 12.3. The third-order valence-corrected chi connectivity index (χ3v) is 7.82. The van der Waals surface area contributed by atoms with E-state index in [0.29, 0.717) is 53.0 Å². The van der Waals surface area contributed by atoms with Gasteiger partial charge in [-0.05, 0) is 61.1 Å². The number of anilines is 2. The number of nitrogen functional groups attached to an aromatic ring is 1. The third kappa shape index (κ3) is 6.42. The molecule has 0 bridgehead atoms. The Morgan fingerprint density at radius 2 is 1.90 bits per heavy atom. The number of ether oxygens (including phenoxy) is 2. The summed E-state index contributed by atoms with van der Waals surface area (Å²) in [6, 6.07) is 15.0. The number of benzene rings is 2. The molecule has 0 fully saturated rings. The summed E-state index contributed by atoms with van der Waals surface area (Å²) in [4.78, 5) is 28.4. The van der Waals surface area contributed by atoms with Crippen molar-refractivity contribution in [3.63, 3.8) is 0 Å². The number of methoxy groups -OCH3 is 1. The first-order chi connectivity index (χ1) is 19.0. The zero-order valence-corrected chi connectivity index (χ0v) is 22.6. The molecule has 0 atom stereocenters. The number of aliphatic hydroxyl groups is 1. The first kappa shape index (κ1) is 26.7. The molecule has 2 aromatic heterocycles. The lowest BCUT2D eigenvalue weighted by Crippen LogP contribution is -2.13. The number of carbonyl (C=O) groups is 1. The zero-order chi connectivity index (χ0) is 27.2. The molecule has 1 aliphatic rings. The maximum absolute atomic E-state index is 13.1. The smallest absolute Gasteiger partial charge is 0.265 e. The van der Waals surface area contributed by atoms with Crippen molar-refractivity contribution in [3.05, 3.63) is 80.8 Å². The van der Waals surface area contributed by atoms with Gasteiger partial charge >= 0.3 is 0 Å². The van der Waals surface area contributed by atoms with Crippen LogP contribution in [-0.4, -0.2) is 46.3 Å². The van der Waals surface area contributed by atoms with Crippen molar-refractivity contribution in [2.24, 2.45) is 0 Å². The van der Waals surface area contributed by atoms with E-state index in [-0.39, 0.29) is 18.5 Å². The SMILES string of the molecule is COCCOc1ccc(Cc2nc(N)nc(-c3cccc(NC(=O)c4cc5c(s4)CCCC5)c3CO)n2)cc1. The molecule has 202 valence electrons. The van der Waals surface area contributed by atoms with E-state index < -0.39 is 0 Å². The molecule has 2 aromatic carbocycles. The minimum Gasteiger partial charge on any atom is -0.491 e. The summed E-state index contributed by atoms with van der Waals surface area (Å²) in [6.45, 7) is 0.689. The first-order valence-corrected chi connectivity index (χ1v) is 13.7. The normalized spacial score (nSPS) is 12.7. The molecule has 0 aliphatic heterocycles. The van der Waals surface area contributed by atoms with Crippen LogP contribution < -0.4 is 15.8 Å². The fourth-order valence-corrected chi connectivity index (χ4v) is 5.79. The number of nitrogens with two attached hydrogens (primary N) is 1. The van der Waals surface area contributed by atoms with Crippen molar-refractivity contribution in [1.29, 1.82) is 0 Å². The third-order valence-electron chi connectivity index (χ3n) is 6.58. The Hall–Kier alpha value is -3.86. The average molecular weight is 546 g/mol. The van der Waals surface area contributed by atoms with Gasteiger partial charge in [0, 0.05) is 35.2 Å². The number of hydrogen-bond donors (Lipinski definition) is 3. The van der Waals surface area contributed by atoms with Crippen LogP contribution in [0.3, 0.4) is 0 Å². The molecule has 0 radical (unpaired) electrons. The second-order valence-electron chi connectivity index (χ2n) is 9.31. The highest BCUT2D eigenvalue weighted by Gasteiger charge is 2.20. The van der Waals surface area contributed by atoms with Gasteiger partial charge in [0.05, 0.1) is 18.1 Å². The predicted molar refractivity (Wildman–Crippen MR) is 151 cm³/mol. The average Bonchev–Trinajstić information content (AvgIpc) is 3.38. The molecule has 1 aliphatic carbocycles. The first-order valence-electron chi connectivity index (χ1n) is 12.9. The van der Waals surface area contributed by atoms with Gasteiger partial charge < -0.3 is 25.6 Å².